The molecule has 0 bridgehead atoms. The summed E-state index contributed by atoms with van der Waals surface area (Å²) in [5.74, 6) is -0.0548. The Morgan fingerprint density at radius 3 is 1.94 bits per heavy atom. The molecule has 0 aromatic heterocycles. The lowest BCUT2D eigenvalue weighted by Gasteiger charge is -2.40. The average molecular weight is 259 g/mol. The number of alkyl halides is 2. The van der Waals surface area contributed by atoms with Gasteiger partial charge in [-0.2, -0.15) is 0 Å². The van der Waals surface area contributed by atoms with Crippen molar-refractivity contribution < 1.29 is 8.78 Å². The van der Waals surface area contributed by atoms with Crippen LogP contribution in [0.25, 0.3) is 0 Å². The molecule has 3 unspecified atom stereocenters. The van der Waals surface area contributed by atoms with Crippen LogP contribution in [0.5, 0.6) is 0 Å². The van der Waals surface area contributed by atoms with Crippen LogP contribution in [0.15, 0.2) is 0 Å². The minimum Gasteiger partial charge on any atom is -0.327 e. The van der Waals surface area contributed by atoms with Crippen LogP contribution in [0.4, 0.5) is 8.78 Å². The monoisotopic (exact) mass is 259 g/mol. The number of halogens is 2. The van der Waals surface area contributed by atoms with E-state index in [-0.39, 0.29) is 18.9 Å². The largest absolute Gasteiger partial charge is 0.327 e. The van der Waals surface area contributed by atoms with E-state index in [1.807, 2.05) is 0 Å². The maximum absolute atomic E-state index is 13.2. The third-order valence-electron chi connectivity index (χ3n) is 5.07. The van der Waals surface area contributed by atoms with Gasteiger partial charge >= 0.3 is 0 Å². The molecule has 2 saturated carbocycles. The van der Waals surface area contributed by atoms with Gasteiger partial charge in [0.15, 0.2) is 0 Å². The van der Waals surface area contributed by atoms with Gasteiger partial charge in [-0.25, -0.2) is 8.78 Å². The first-order chi connectivity index (χ1) is 8.37. The smallest absolute Gasteiger partial charge is 0.248 e. The summed E-state index contributed by atoms with van der Waals surface area (Å²) in [6.07, 6.45) is 5.01. The molecular formula is C15H27F2N. The Kier molecular flexibility index (Phi) is 4.30. The lowest BCUT2D eigenvalue weighted by molar-refractivity contribution is -0.0517. The van der Waals surface area contributed by atoms with Crippen molar-refractivity contribution in [2.24, 2.45) is 29.4 Å². The molecule has 0 heterocycles. The highest BCUT2D eigenvalue weighted by Gasteiger charge is 2.39. The number of hydrogen-bond acceptors (Lipinski definition) is 1. The minimum atomic E-state index is -2.43. The second kappa shape index (κ2) is 5.44. The summed E-state index contributed by atoms with van der Waals surface area (Å²) < 4.78 is 26.3. The SMILES string of the molecule is CC1CC(C)CC(C(N)C2CCC(F)(F)CC2)C1. The van der Waals surface area contributed by atoms with E-state index in [0.717, 1.165) is 11.8 Å². The fourth-order valence-corrected chi connectivity index (χ4v) is 4.16. The maximum atomic E-state index is 13.2. The van der Waals surface area contributed by atoms with Gasteiger partial charge in [-0.15, -0.1) is 0 Å². The molecule has 0 aromatic rings. The molecule has 0 spiro atoms. The highest BCUT2D eigenvalue weighted by molar-refractivity contribution is 4.89. The molecule has 106 valence electrons. The Hall–Kier alpha value is -0.180. The van der Waals surface area contributed by atoms with Crippen LogP contribution in [0.2, 0.25) is 0 Å². The Bertz CT molecular complexity index is 260. The zero-order chi connectivity index (χ0) is 13.3. The lowest BCUT2D eigenvalue weighted by atomic mass is 9.69. The summed E-state index contributed by atoms with van der Waals surface area (Å²) in [5.41, 5.74) is 6.39. The molecule has 0 amide bonds. The Labute approximate surface area is 110 Å². The first-order valence-electron chi connectivity index (χ1n) is 7.51. The molecule has 2 aliphatic carbocycles. The summed E-state index contributed by atoms with van der Waals surface area (Å²) in [6, 6.07) is 0.145. The van der Waals surface area contributed by atoms with E-state index in [2.05, 4.69) is 13.8 Å². The molecule has 2 aliphatic rings. The van der Waals surface area contributed by atoms with E-state index < -0.39 is 5.92 Å². The zero-order valence-corrected chi connectivity index (χ0v) is 11.7. The topological polar surface area (TPSA) is 26.0 Å². The van der Waals surface area contributed by atoms with Crippen molar-refractivity contribution in [3.8, 4) is 0 Å². The minimum absolute atomic E-state index is 0.0448. The van der Waals surface area contributed by atoms with Gasteiger partial charge in [0.2, 0.25) is 5.92 Å². The first-order valence-corrected chi connectivity index (χ1v) is 7.51. The van der Waals surface area contributed by atoms with Crippen molar-refractivity contribution in [2.75, 3.05) is 0 Å². The molecule has 3 atom stereocenters. The highest BCUT2D eigenvalue weighted by Crippen LogP contribution is 2.42. The van der Waals surface area contributed by atoms with Gasteiger partial charge in [0.1, 0.15) is 0 Å². The van der Waals surface area contributed by atoms with Crippen LogP contribution in [0.1, 0.15) is 58.8 Å². The molecular weight excluding hydrogens is 232 g/mol. The van der Waals surface area contributed by atoms with Crippen molar-refractivity contribution in [2.45, 2.75) is 70.8 Å². The van der Waals surface area contributed by atoms with Gasteiger partial charge in [-0.05, 0) is 55.8 Å². The van der Waals surface area contributed by atoms with E-state index in [1.54, 1.807) is 0 Å². The van der Waals surface area contributed by atoms with Gasteiger partial charge in [-0.1, -0.05) is 13.8 Å². The molecule has 2 rings (SSSR count). The Morgan fingerprint density at radius 1 is 0.944 bits per heavy atom. The molecule has 0 aliphatic heterocycles. The van der Waals surface area contributed by atoms with Gasteiger partial charge in [0.05, 0.1) is 0 Å². The molecule has 2 fully saturated rings. The van der Waals surface area contributed by atoms with Crippen LogP contribution in [-0.2, 0) is 0 Å². The molecule has 2 N–H and O–H groups in total. The number of rotatable bonds is 2. The van der Waals surface area contributed by atoms with Gasteiger partial charge in [0.25, 0.3) is 0 Å². The first kappa shape index (κ1) is 14.2. The standard InChI is InChI=1S/C15H27F2N/c1-10-7-11(2)9-13(8-10)14(18)12-3-5-15(16,17)6-4-12/h10-14H,3-9,18H2,1-2H3. The fraction of sp³-hybridized carbons (Fsp3) is 1.00. The van der Waals surface area contributed by atoms with Crippen LogP contribution >= 0.6 is 0 Å². The van der Waals surface area contributed by atoms with Crippen LogP contribution in [0, 0.1) is 23.7 Å². The van der Waals surface area contributed by atoms with Crippen molar-refractivity contribution in [1.82, 2.24) is 0 Å². The van der Waals surface area contributed by atoms with Crippen molar-refractivity contribution in [1.29, 1.82) is 0 Å². The third-order valence-corrected chi connectivity index (χ3v) is 5.07. The normalized spacial score (nSPS) is 39.5. The molecule has 0 radical (unpaired) electrons. The summed E-state index contributed by atoms with van der Waals surface area (Å²) in [7, 11) is 0. The molecule has 0 aromatic carbocycles. The van der Waals surface area contributed by atoms with Crippen molar-refractivity contribution >= 4 is 0 Å². The second-order valence-electron chi connectivity index (χ2n) is 6.95. The van der Waals surface area contributed by atoms with E-state index in [1.165, 1.54) is 19.3 Å². The summed E-state index contributed by atoms with van der Waals surface area (Å²) in [5, 5.41) is 0. The lowest BCUT2D eigenvalue weighted by Crippen LogP contribution is -2.43. The van der Waals surface area contributed by atoms with E-state index in [4.69, 9.17) is 5.73 Å². The van der Waals surface area contributed by atoms with E-state index >= 15 is 0 Å². The van der Waals surface area contributed by atoms with Crippen LogP contribution in [0.3, 0.4) is 0 Å². The summed E-state index contributed by atoms with van der Waals surface area (Å²) in [6.45, 7) is 4.59. The Balaban J connectivity index is 1.89. The third kappa shape index (κ3) is 3.43. The number of nitrogens with two attached hydrogens (primary N) is 1. The Morgan fingerprint density at radius 2 is 1.44 bits per heavy atom. The molecule has 3 heteroatoms. The molecule has 1 nitrogen and oxygen atoms in total. The summed E-state index contributed by atoms with van der Waals surface area (Å²) >= 11 is 0. The zero-order valence-electron chi connectivity index (χ0n) is 11.7. The van der Waals surface area contributed by atoms with Crippen LogP contribution in [-0.4, -0.2) is 12.0 Å². The van der Waals surface area contributed by atoms with Crippen molar-refractivity contribution in [3.05, 3.63) is 0 Å². The van der Waals surface area contributed by atoms with Gasteiger partial charge in [-0.3, -0.25) is 0 Å². The highest BCUT2D eigenvalue weighted by atomic mass is 19.3. The second-order valence-corrected chi connectivity index (χ2v) is 6.95. The van der Waals surface area contributed by atoms with E-state index in [0.29, 0.717) is 24.7 Å². The fourth-order valence-electron chi connectivity index (χ4n) is 4.16. The predicted octanol–water partition coefficient (Wildman–Crippen LogP) is 4.21. The predicted molar refractivity (Wildman–Crippen MR) is 70.5 cm³/mol. The quantitative estimate of drug-likeness (QED) is 0.789. The molecule has 18 heavy (non-hydrogen) atoms. The van der Waals surface area contributed by atoms with Crippen molar-refractivity contribution in [3.63, 3.8) is 0 Å². The van der Waals surface area contributed by atoms with E-state index in [9.17, 15) is 8.78 Å². The van der Waals surface area contributed by atoms with Crippen LogP contribution < -0.4 is 5.73 Å². The molecule has 0 saturated heterocycles. The maximum Gasteiger partial charge on any atom is 0.248 e. The van der Waals surface area contributed by atoms with Gasteiger partial charge < -0.3 is 5.73 Å². The summed E-state index contributed by atoms with van der Waals surface area (Å²) in [4.78, 5) is 0. The van der Waals surface area contributed by atoms with Gasteiger partial charge in [0, 0.05) is 18.9 Å². The average Bonchev–Trinajstić information content (AvgIpc) is 2.27. The number of hydrogen-bond donors (Lipinski definition) is 1.